The summed E-state index contributed by atoms with van der Waals surface area (Å²) in [4.78, 5) is 16.9. The van der Waals surface area contributed by atoms with Gasteiger partial charge >= 0.3 is 0 Å². The second kappa shape index (κ2) is 6.95. The SMILES string of the molecule is O=C(N[C@H]1CC[C@H](C2(O)CC2)CC1)c1ccc(-c2nccc3occc23)c(F)c1. The first kappa shape index (κ1) is 18.3. The van der Waals surface area contributed by atoms with E-state index in [0.717, 1.165) is 43.9 Å². The first-order valence-electron chi connectivity index (χ1n) is 10.2. The molecular weight excluding hydrogens is 371 g/mol. The van der Waals surface area contributed by atoms with E-state index in [-0.39, 0.29) is 11.9 Å². The summed E-state index contributed by atoms with van der Waals surface area (Å²) in [5.41, 5.74) is 1.33. The van der Waals surface area contributed by atoms with Crippen LogP contribution in [-0.4, -0.2) is 27.6 Å². The van der Waals surface area contributed by atoms with Crippen LogP contribution in [0.4, 0.5) is 4.39 Å². The summed E-state index contributed by atoms with van der Waals surface area (Å²) in [7, 11) is 0. The average molecular weight is 394 g/mol. The summed E-state index contributed by atoms with van der Waals surface area (Å²) < 4.78 is 20.2. The number of hydrogen-bond donors (Lipinski definition) is 2. The number of furan rings is 1. The highest BCUT2D eigenvalue weighted by Crippen LogP contribution is 2.48. The number of rotatable bonds is 4. The van der Waals surface area contributed by atoms with Gasteiger partial charge in [-0.1, -0.05) is 0 Å². The minimum Gasteiger partial charge on any atom is -0.464 e. The number of pyridine rings is 1. The first-order chi connectivity index (χ1) is 14.0. The molecule has 0 saturated heterocycles. The molecular formula is C23H23FN2O3. The van der Waals surface area contributed by atoms with Crippen molar-refractivity contribution in [1.82, 2.24) is 10.3 Å². The summed E-state index contributed by atoms with van der Waals surface area (Å²) in [5, 5.41) is 14.0. The molecule has 6 heteroatoms. The van der Waals surface area contributed by atoms with Crippen molar-refractivity contribution in [3.63, 3.8) is 0 Å². The van der Waals surface area contributed by atoms with Crippen LogP contribution in [0, 0.1) is 11.7 Å². The summed E-state index contributed by atoms with van der Waals surface area (Å²) >= 11 is 0. The van der Waals surface area contributed by atoms with Crippen molar-refractivity contribution < 1.29 is 18.7 Å². The Morgan fingerprint density at radius 2 is 1.97 bits per heavy atom. The van der Waals surface area contributed by atoms with Crippen LogP contribution in [-0.2, 0) is 0 Å². The van der Waals surface area contributed by atoms with Crippen LogP contribution in [0.3, 0.4) is 0 Å². The van der Waals surface area contributed by atoms with Crippen LogP contribution in [0.15, 0.2) is 47.2 Å². The molecule has 0 unspecified atom stereocenters. The number of hydrogen-bond acceptors (Lipinski definition) is 4. The quantitative estimate of drug-likeness (QED) is 0.686. The van der Waals surface area contributed by atoms with Gasteiger partial charge in [-0.3, -0.25) is 9.78 Å². The Bertz CT molecular complexity index is 1060. The van der Waals surface area contributed by atoms with Gasteiger partial charge in [-0.15, -0.1) is 0 Å². The normalized spacial score (nSPS) is 23.1. The third-order valence-corrected chi connectivity index (χ3v) is 6.45. The number of amides is 1. The first-order valence-corrected chi connectivity index (χ1v) is 10.2. The van der Waals surface area contributed by atoms with Gasteiger partial charge in [0.2, 0.25) is 0 Å². The Morgan fingerprint density at radius 3 is 2.69 bits per heavy atom. The Kier molecular flexibility index (Phi) is 4.39. The molecule has 2 aliphatic carbocycles. The van der Waals surface area contributed by atoms with Gasteiger partial charge in [0.25, 0.3) is 5.91 Å². The van der Waals surface area contributed by atoms with Gasteiger partial charge in [0.15, 0.2) is 0 Å². The van der Waals surface area contributed by atoms with E-state index in [0.29, 0.717) is 28.3 Å². The van der Waals surface area contributed by atoms with Crippen molar-refractivity contribution in [2.75, 3.05) is 0 Å². The maximum atomic E-state index is 14.8. The Hall–Kier alpha value is -2.73. The average Bonchev–Trinajstić information content (AvgIpc) is 3.29. The van der Waals surface area contributed by atoms with E-state index in [1.807, 2.05) is 0 Å². The number of halogens is 1. The van der Waals surface area contributed by atoms with Gasteiger partial charge in [0, 0.05) is 28.8 Å². The van der Waals surface area contributed by atoms with Crippen molar-refractivity contribution in [2.24, 2.45) is 5.92 Å². The summed E-state index contributed by atoms with van der Waals surface area (Å²) in [6.45, 7) is 0. The molecule has 2 aliphatic rings. The van der Waals surface area contributed by atoms with Gasteiger partial charge in [-0.05, 0) is 74.8 Å². The van der Waals surface area contributed by atoms with Gasteiger partial charge in [-0.25, -0.2) is 4.39 Å². The second-order valence-electron chi connectivity index (χ2n) is 8.31. The minimum absolute atomic E-state index is 0.0742. The Labute approximate surface area is 167 Å². The lowest BCUT2D eigenvalue weighted by Crippen LogP contribution is -2.39. The van der Waals surface area contributed by atoms with Crippen LogP contribution < -0.4 is 5.32 Å². The van der Waals surface area contributed by atoms with E-state index in [1.54, 1.807) is 36.7 Å². The highest BCUT2D eigenvalue weighted by molar-refractivity contribution is 5.96. The highest BCUT2D eigenvalue weighted by atomic mass is 19.1. The Balaban J connectivity index is 1.29. The van der Waals surface area contributed by atoms with Crippen LogP contribution in [0.25, 0.3) is 22.2 Å². The van der Waals surface area contributed by atoms with Crippen LogP contribution in [0.1, 0.15) is 48.9 Å². The van der Waals surface area contributed by atoms with E-state index in [1.165, 1.54) is 6.07 Å². The maximum Gasteiger partial charge on any atom is 0.251 e. The van der Waals surface area contributed by atoms with E-state index in [2.05, 4.69) is 10.3 Å². The number of aromatic nitrogens is 1. The number of nitrogens with zero attached hydrogens (tertiary/aromatic N) is 1. The summed E-state index contributed by atoms with van der Waals surface area (Å²) in [5.74, 6) is -0.400. The fourth-order valence-corrected chi connectivity index (χ4v) is 4.54. The van der Waals surface area contributed by atoms with Crippen molar-refractivity contribution in [3.8, 4) is 11.3 Å². The summed E-state index contributed by atoms with van der Waals surface area (Å²) in [6, 6.07) is 8.06. The molecule has 3 aromatic rings. The topological polar surface area (TPSA) is 75.4 Å². The highest BCUT2D eigenvalue weighted by Gasteiger charge is 2.48. The molecule has 0 aliphatic heterocycles. The monoisotopic (exact) mass is 394 g/mol. The second-order valence-corrected chi connectivity index (χ2v) is 8.31. The van der Waals surface area contributed by atoms with Crippen molar-refractivity contribution in [1.29, 1.82) is 0 Å². The zero-order valence-corrected chi connectivity index (χ0v) is 16.0. The maximum absolute atomic E-state index is 14.8. The minimum atomic E-state index is -0.487. The molecule has 0 atom stereocenters. The standard InChI is InChI=1S/C23H23FN2O3/c24-19-13-14(1-6-17(19)21-18-8-12-29-20(18)7-11-25-21)22(27)26-16-4-2-15(3-5-16)23(28)9-10-23/h1,6-8,11-13,15-16,28H,2-5,9-10H2,(H,26,27)/t15-,16-. The van der Waals surface area contributed by atoms with Crippen LogP contribution in [0.5, 0.6) is 0 Å². The van der Waals surface area contributed by atoms with Crippen LogP contribution in [0.2, 0.25) is 0 Å². The van der Waals surface area contributed by atoms with Gasteiger partial charge in [0.05, 0.1) is 17.6 Å². The number of aliphatic hydroxyl groups is 1. The smallest absolute Gasteiger partial charge is 0.251 e. The molecule has 1 aromatic carbocycles. The number of nitrogens with one attached hydrogen (secondary N) is 1. The lowest BCUT2D eigenvalue weighted by molar-refractivity contribution is 0.0541. The van der Waals surface area contributed by atoms with E-state index < -0.39 is 11.4 Å². The zero-order valence-electron chi connectivity index (χ0n) is 16.0. The predicted molar refractivity (Wildman–Crippen MR) is 107 cm³/mol. The number of carbonyl (C=O) groups excluding carboxylic acids is 1. The van der Waals surface area contributed by atoms with Gasteiger partial charge in [-0.2, -0.15) is 0 Å². The largest absolute Gasteiger partial charge is 0.464 e. The molecule has 2 heterocycles. The number of carbonyl (C=O) groups is 1. The van der Waals surface area contributed by atoms with E-state index in [9.17, 15) is 14.3 Å². The lowest BCUT2D eigenvalue weighted by atomic mass is 9.81. The van der Waals surface area contributed by atoms with Crippen molar-refractivity contribution >= 4 is 16.9 Å². The molecule has 2 aromatic heterocycles. The molecule has 5 nitrogen and oxygen atoms in total. The van der Waals surface area contributed by atoms with E-state index >= 15 is 0 Å². The molecule has 150 valence electrons. The fraction of sp³-hybridized carbons (Fsp3) is 0.391. The third-order valence-electron chi connectivity index (χ3n) is 6.45. The zero-order chi connectivity index (χ0) is 20.0. The molecule has 2 N–H and O–H groups in total. The Morgan fingerprint density at radius 1 is 1.17 bits per heavy atom. The molecule has 2 saturated carbocycles. The van der Waals surface area contributed by atoms with Crippen molar-refractivity contribution in [2.45, 2.75) is 50.2 Å². The van der Waals surface area contributed by atoms with Gasteiger partial charge in [0.1, 0.15) is 11.4 Å². The number of benzene rings is 1. The molecule has 0 spiro atoms. The summed E-state index contributed by atoms with van der Waals surface area (Å²) in [6.07, 6.45) is 8.49. The molecule has 5 rings (SSSR count). The number of fused-ring (bicyclic) bond motifs is 1. The molecule has 29 heavy (non-hydrogen) atoms. The molecule has 1 amide bonds. The van der Waals surface area contributed by atoms with E-state index in [4.69, 9.17) is 4.42 Å². The molecule has 0 radical (unpaired) electrons. The van der Waals surface area contributed by atoms with Crippen molar-refractivity contribution in [3.05, 3.63) is 54.2 Å². The predicted octanol–water partition coefficient (Wildman–Crippen LogP) is 4.45. The molecule has 0 bridgehead atoms. The fourth-order valence-electron chi connectivity index (χ4n) is 4.54. The molecule has 2 fully saturated rings. The van der Waals surface area contributed by atoms with Gasteiger partial charge < -0.3 is 14.8 Å². The van der Waals surface area contributed by atoms with Crippen LogP contribution >= 0.6 is 0 Å². The lowest BCUT2D eigenvalue weighted by Gasteiger charge is -2.32. The third kappa shape index (κ3) is 3.42.